The molecular formula is C33H36BrN5O10. The normalized spacial score (nSPS) is 14.8. The molecule has 260 valence electrons. The van der Waals surface area contributed by atoms with E-state index in [1.54, 1.807) is 56.3 Å². The van der Waals surface area contributed by atoms with Gasteiger partial charge >= 0.3 is 12.0 Å². The number of allylic oxidation sites excluding steroid dienone is 1. The summed E-state index contributed by atoms with van der Waals surface area (Å²) in [4.78, 5) is 35.1. The molecule has 0 radical (unpaired) electrons. The predicted molar refractivity (Wildman–Crippen MR) is 182 cm³/mol. The average molecular weight is 743 g/mol. The molecule has 3 aromatic carbocycles. The van der Waals surface area contributed by atoms with Gasteiger partial charge in [-0.05, 0) is 89.8 Å². The van der Waals surface area contributed by atoms with Gasteiger partial charge in [0, 0.05) is 17.8 Å². The lowest BCUT2D eigenvalue weighted by molar-refractivity contribution is -0.384. The molecule has 0 spiro atoms. The molecule has 1 aliphatic heterocycles. The third-order valence-electron chi connectivity index (χ3n) is 6.97. The number of rotatable bonds is 16. The molecule has 15 nitrogen and oxygen atoms in total. The summed E-state index contributed by atoms with van der Waals surface area (Å²) in [5.74, 6) is 0.975. The summed E-state index contributed by atoms with van der Waals surface area (Å²) in [7, 11) is 1.26. The number of non-ortho nitro benzene ring substituents is 1. The lowest BCUT2D eigenvalue weighted by atomic mass is 9.95. The van der Waals surface area contributed by atoms with Crippen molar-refractivity contribution >= 4 is 39.8 Å². The molecule has 0 unspecified atom stereocenters. The average Bonchev–Trinajstić information content (AvgIpc) is 3.07. The van der Waals surface area contributed by atoms with E-state index in [1.807, 2.05) is 6.92 Å². The maximum Gasteiger partial charge on any atom is 0.337 e. The van der Waals surface area contributed by atoms with Crippen LogP contribution in [-0.2, 0) is 16.1 Å². The van der Waals surface area contributed by atoms with Gasteiger partial charge in [0.25, 0.3) is 5.69 Å². The Morgan fingerprint density at radius 1 is 1.06 bits per heavy atom. The fourth-order valence-corrected chi connectivity index (χ4v) is 5.33. The first-order chi connectivity index (χ1) is 23.5. The van der Waals surface area contributed by atoms with E-state index in [0.29, 0.717) is 57.5 Å². The zero-order valence-electron chi connectivity index (χ0n) is 27.2. The third kappa shape index (κ3) is 9.61. The molecule has 4 N–H and O–H groups in total. The van der Waals surface area contributed by atoms with E-state index in [1.165, 1.54) is 25.5 Å². The number of ether oxygens (including phenoxy) is 5. The first-order valence-corrected chi connectivity index (χ1v) is 15.9. The SMILES string of the molecule is CCOc1cc([C@@H]2NC(=O)NC(C)=C2C(=O)OC)ccc1OC[C@H](O)N/N=C\c1cc(Br)c(OCc2ccc([N+](=O)[O-])cc2)c(OCC)c1. The van der Waals surface area contributed by atoms with E-state index in [9.17, 15) is 24.8 Å². The Hall–Kier alpha value is -5.35. The molecule has 49 heavy (non-hydrogen) atoms. The predicted octanol–water partition coefficient (Wildman–Crippen LogP) is 4.86. The van der Waals surface area contributed by atoms with Gasteiger partial charge in [-0.1, -0.05) is 6.07 Å². The van der Waals surface area contributed by atoms with E-state index in [4.69, 9.17) is 23.7 Å². The fraction of sp³-hybridized carbons (Fsp3) is 0.303. The summed E-state index contributed by atoms with van der Waals surface area (Å²) in [5.41, 5.74) is 5.16. The van der Waals surface area contributed by atoms with Crippen molar-refractivity contribution in [1.29, 1.82) is 0 Å². The Labute approximate surface area is 290 Å². The zero-order valence-corrected chi connectivity index (χ0v) is 28.7. The Morgan fingerprint density at radius 2 is 1.78 bits per heavy atom. The molecule has 0 fully saturated rings. The van der Waals surface area contributed by atoms with Crippen LogP contribution >= 0.6 is 15.9 Å². The second kappa shape index (κ2) is 17.2. The highest BCUT2D eigenvalue weighted by Crippen LogP contribution is 2.38. The molecule has 2 atom stereocenters. The number of amides is 2. The molecule has 0 aliphatic carbocycles. The number of hydrazone groups is 1. The maximum atomic E-state index is 12.5. The minimum Gasteiger partial charge on any atom is -0.490 e. The van der Waals surface area contributed by atoms with E-state index >= 15 is 0 Å². The van der Waals surface area contributed by atoms with Gasteiger partial charge in [0.2, 0.25) is 0 Å². The van der Waals surface area contributed by atoms with Crippen molar-refractivity contribution in [1.82, 2.24) is 16.1 Å². The van der Waals surface area contributed by atoms with Crippen molar-refractivity contribution in [3.8, 4) is 23.0 Å². The van der Waals surface area contributed by atoms with Crippen LogP contribution in [0.5, 0.6) is 23.0 Å². The minimum absolute atomic E-state index is 0.00662. The third-order valence-corrected chi connectivity index (χ3v) is 7.56. The van der Waals surface area contributed by atoms with Crippen LogP contribution in [0.15, 0.2) is 75.4 Å². The van der Waals surface area contributed by atoms with Crippen LogP contribution in [-0.4, -0.2) is 61.4 Å². The van der Waals surface area contributed by atoms with Gasteiger partial charge in [0.15, 0.2) is 29.2 Å². The van der Waals surface area contributed by atoms with Gasteiger partial charge in [0.05, 0.1) is 47.5 Å². The van der Waals surface area contributed by atoms with Crippen molar-refractivity contribution < 1.29 is 43.3 Å². The van der Waals surface area contributed by atoms with Crippen LogP contribution in [0.2, 0.25) is 0 Å². The number of hydrogen-bond acceptors (Lipinski definition) is 12. The van der Waals surface area contributed by atoms with Crippen molar-refractivity contribution in [2.75, 3.05) is 26.9 Å². The lowest BCUT2D eigenvalue weighted by Crippen LogP contribution is -2.45. The number of benzene rings is 3. The number of aliphatic hydroxyl groups is 1. The number of hydrogen-bond donors (Lipinski definition) is 4. The van der Waals surface area contributed by atoms with Crippen LogP contribution < -0.4 is 35.0 Å². The van der Waals surface area contributed by atoms with Crippen molar-refractivity contribution in [2.45, 2.75) is 39.6 Å². The number of carbonyl (C=O) groups is 2. The van der Waals surface area contributed by atoms with Crippen LogP contribution in [0, 0.1) is 10.1 Å². The summed E-state index contributed by atoms with van der Waals surface area (Å²) in [6.07, 6.45) is 0.281. The number of halogens is 1. The van der Waals surface area contributed by atoms with Gasteiger partial charge in [-0.2, -0.15) is 5.10 Å². The van der Waals surface area contributed by atoms with Crippen molar-refractivity contribution in [2.24, 2.45) is 5.10 Å². The summed E-state index contributed by atoms with van der Waals surface area (Å²) in [5, 5.41) is 30.9. The summed E-state index contributed by atoms with van der Waals surface area (Å²) in [6, 6.07) is 13.2. The lowest BCUT2D eigenvalue weighted by Gasteiger charge is -2.28. The molecule has 0 bridgehead atoms. The van der Waals surface area contributed by atoms with E-state index in [-0.39, 0.29) is 24.5 Å². The van der Waals surface area contributed by atoms with Gasteiger partial charge in [0.1, 0.15) is 13.2 Å². The molecule has 1 heterocycles. The minimum atomic E-state index is -1.20. The van der Waals surface area contributed by atoms with Gasteiger partial charge in [-0.25, -0.2) is 9.59 Å². The van der Waals surface area contributed by atoms with E-state index in [2.05, 4.69) is 37.1 Å². The molecule has 3 aromatic rings. The monoisotopic (exact) mass is 741 g/mol. The number of nitrogens with zero attached hydrogens (tertiary/aromatic N) is 2. The maximum absolute atomic E-state index is 12.5. The Balaban J connectivity index is 1.39. The smallest absolute Gasteiger partial charge is 0.337 e. The number of methoxy groups -OCH3 is 1. The topological polar surface area (TPSA) is 192 Å². The zero-order chi connectivity index (χ0) is 35.5. The van der Waals surface area contributed by atoms with Crippen LogP contribution in [0.3, 0.4) is 0 Å². The standard InChI is InChI=1S/C33H36BrN5O10/c1-5-46-26-15-22(30-29(32(41)45-4)19(3)36-33(42)37-30)9-12-25(26)48-18-28(40)38-35-16-21-13-24(34)31(27(14-21)47-6-2)49-17-20-7-10-23(11-8-20)39(43)44/h7-16,28,30,38,40H,5-6,17-18H2,1-4H3,(H2,36,37,42)/b35-16-/t28-,30-/m0/s1. The Bertz CT molecular complexity index is 1730. The molecule has 1 aliphatic rings. The van der Waals surface area contributed by atoms with Crippen LogP contribution in [0.4, 0.5) is 10.5 Å². The first kappa shape index (κ1) is 36.5. The number of carbonyl (C=O) groups excluding carboxylic acids is 2. The van der Waals surface area contributed by atoms with E-state index < -0.39 is 29.2 Å². The number of nitro benzene ring substituents is 1. The highest BCUT2D eigenvalue weighted by Gasteiger charge is 2.32. The molecule has 0 saturated heterocycles. The Morgan fingerprint density at radius 3 is 2.45 bits per heavy atom. The number of nitro groups is 1. The molecular weight excluding hydrogens is 706 g/mol. The first-order valence-electron chi connectivity index (χ1n) is 15.1. The quantitative estimate of drug-likeness (QED) is 0.0516. The van der Waals surface area contributed by atoms with Crippen molar-refractivity contribution in [3.63, 3.8) is 0 Å². The second-order valence-corrected chi connectivity index (χ2v) is 11.2. The van der Waals surface area contributed by atoms with E-state index in [0.717, 1.165) is 5.56 Å². The van der Waals surface area contributed by atoms with Gasteiger partial charge in [-0.3, -0.25) is 15.5 Å². The summed E-state index contributed by atoms with van der Waals surface area (Å²) in [6.45, 7) is 5.88. The molecule has 0 saturated carbocycles. The number of esters is 1. The second-order valence-electron chi connectivity index (χ2n) is 10.4. The summed E-state index contributed by atoms with van der Waals surface area (Å²) < 4.78 is 28.8. The molecule has 2 amide bonds. The van der Waals surface area contributed by atoms with Gasteiger partial charge in [-0.15, -0.1) is 0 Å². The molecule has 16 heteroatoms. The van der Waals surface area contributed by atoms with Crippen LogP contribution in [0.1, 0.15) is 43.5 Å². The Kier molecular flexibility index (Phi) is 12.8. The number of aliphatic hydroxyl groups excluding tert-OH is 1. The van der Waals surface area contributed by atoms with Gasteiger partial charge < -0.3 is 39.4 Å². The molecule has 4 rings (SSSR count). The highest BCUT2D eigenvalue weighted by molar-refractivity contribution is 9.10. The summed E-state index contributed by atoms with van der Waals surface area (Å²) >= 11 is 3.51. The van der Waals surface area contributed by atoms with Crippen LogP contribution in [0.25, 0.3) is 0 Å². The molecule has 0 aromatic heterocycles. The highest BCUT2D eigenvalue weighted by atomic mass is 79.9. The number of urea groups is 1. The van der Waals surface area contributed by atoms with Crippen molar-refractivity contribution in [3.05, 3.63) is 97.1 Å². The fourth-order valence-electron chi connectivity index (χ4n) is 4.75. The largest absolute Gasteiger partial charge is 0.490 e. The number of nitrogens with one attached hydrogen (secondary N) is 3.